The molecule has 0 radical (unpaired) electrons. The fourth-order valence-corrected chi connectivity index (χ4v) is 5.98. The second kappa shape index (κ2) is 7.75. The summed E-state index contributed by atoms with van der Waals surface area (Å²) in [5, 5.41) is 0.454. The lowest BCUT2D eigenvalue weighted by Gasteiger charge is -2.12. The first-order valence-electron chi connectivity index (χ1n) is 8.33. The zero-order valence-electron chi connectivity index (χ0n) is 14.7. The summed E-state index contributed by atoms with van der Waals surface area (Å²) in [5.74, 6) is 0. The largest absolute Gasteiger partial charge is 0.278 e. The second-order valence-electron chi connectivity index (χ2n) is 6.11. The first-order valence-corrected chi connectivity index (χ1v) is 11.8. The van der Waals surface area contributed by atoms with E-state index in [1.54, 1.807) is 53.8 Å². The summed E-state index contributed by atoms with van der Waals surface area (Å²) in [6.07, 6.45) is 0. The number of sulfonamides is 1. The number of halogens is 1. The molecule has 4 aromatic rings. The average Bonchev–Trinajstić information content (AvgIpc) is 3.06. The molecular weight excluding hydrogens is 432 g/mol. The van der Waals surface area contributed by atoms with E-state index in [2.05, 4.69) is 9.71 Å². The third-order valence-electron chi connectivity index (χ3n) is 3.99. The number of aryl methyl sites for hydroxylation is 1. The summed E-state index contributed by atoms with van der Waals surface area (Å²) in [6, 6.07) is 19.7. The van der Waals surface area contributed by atoms with Gasteiger partial charge in [0.2, 0.25) is 0 Å². The number of aromatic nitrogens is 1. The molecule has 4 nitrogen and oxygen atoms in total. The first kappa shape index (κ1) is 19.3. The molecule has 0 aliphatic rings. The van der Waals surface area contributed by atoms with E-state index in [4.69, 9.17) is 11.6 Å². The third kappa shape index (κ3) is 4.17. The fraction of sp³-hybridized carbons (Fsp3) is 0.0500. The van der Waals surface area contributed by atoms with Gasteiger partial charge in [0.25, 0.3) is 10.0 Å². The van der Waals surface area contributed by atoms with Crippen LogP contribution in [0, 0.1) is 6.92 Å². The van der Waals surface area contributed by atoms with E-state index in [0.29, 0.717) is 10.7 Å². The van der Waals surface area contributed by atoms with Gasteiger partial charge in [-0.3, -0.25) is 4.72 Å². The molecular formula is C20H15ClN2O2S3. The van der Waals surface area contributed by atoms with Gasteiger partial charge in [0.05, 0.1) is 20.8 Å². The Hall–Kier alpha value is -2.06. The number of fused-ring (bicyclic) bond motifs is 1. The molecule has 142 valence electrons. The maximum atomic E-state index is 12.8. The molecule has 0 spiro atoms. The predicted octanol–water partition coefficient (Wildman–Crippen LogP) is 6.21. The van der Waals surface area contributed by atoms with Gasteiger partial charge in [-0.05, 0) is 49.4 Å². The third-order valence-corrected chi connectivity index (χ3v) is 7.78. The standard InChI is InChI=1S/C20H15ClN2O2S3/c1-13-6-9-15(10-7-13)28(24,25)23-17-12-14(21)8-11-19(17)27-20-22-16-4-2-3-5-18(16)26-20/h2-12,23H,1H3. The summed E-state index contributed by atoms with van der Waals surface area (Å²) in [5.41, 5.74) is 2.34. The van der Waals surface area contributed by atoms with Crippen molar-refractivity contribution in [3.05, 3.63) is 77.3 Å². The van der Waals surface area contributed by atoms with Crippen molar-refractivity contribution in [2.24, 2.45) is 0 Å². The van der Waals surface area contributed by atoms with Crippen LogP contribution in [0.2, 0.25) is 5.02 Å². The van der Waals surface area contributed by atoms with Gasteiger partial charge in [0.1, 0.15) is 0 Å². The molecule has 0 fully saturated rings. The van der Waals surface area contributed by atoms with Crippen LogP contribution in [0.1, 0.15) is 5.56 Å². The first-order chi connectivity index (χ1) is 13.4. The maximum absolute atomic E-state index is 12.8. The van der Waals surface area contributed by atoms with Crippen LogP contribution in [0.15, 0.2) is 80.9 Å². The minimum Gasteiger partial charge on any atom is -0.278 e. The fourth-order valence-electron chi connectivity index (χ4n) is 2.58. The van der Waals surface area contributed by atoms with Gasteiger partial charge in [-0.2, -0.15) is 0 Å². The zero-order valence-corrected chi connectivity index (χ0v) is 17.9. The van der Waals surface area contributed by atoms with E-state index in [1.165, 1.54) is 11.8 Å². The molecule has 3 aromatic carbocycles. The number of benzene rings is 3. The molecule has 0 unspecified atom stereocenters. The van der Waals surface area contributed by atoms with Gasteiger partial charge in [-0.15, -0.1) is 11.3 Å². The number of nitrogens with zero attached hydrogens (tertiary/aromatic N) is 1. The summed E-state index contributed by atoms with van der Waals surface area (Å²) >= 11 is 9.09. The van der Waals surface area contributed by atoms with Crippen LogP contribution >= 0.6 is 34.7 Å². The number of hydrogen-bond donors (Lipinski definition) is 1. The summed E-state index contributed by atoms with van der Waals surface area (Å²) in [6.45, 7) is 1.91. The molecule has 8 heteroatoms. The number of thiazole rings is 1. The number of rotatable bonds is 5. The highest BCUT2D eigenvalue weighted by Crippen LogP contribution is 2.39. The number of anilines is 1. The van der Waals surface area contributed by atoms with E-state index >= 15 is 0 Å². The number of para-hydroxylation sites is 1. The molecule has 1 N–H and O–H groups in total. The molecule has 1 aromatic heterocycles. The average molecular weight is 447 g/mol. The molecule has 0 saturated carbocycles. The van der Waals surface area contributed by atoms with Crippen molar-refractivity contribution >= 4 is 60.6 Å². The molecule has 0 bridgehead atoms. The van der Waals surface area contributed by atoms with Crippen LogP contribution in [-0.2, 0) is 10.0 Å². The highest BCUT2D eigenvalue weighted by molar-refractivity contribution is 8.01. The maximum Gasteiger partial charge on any atom is 0.261 e. The molecule has 0 saturated heterocycles. The summed E-state index contributed by atoms with van der Waals surface area (Å²) in [7, 11) is -3.73. The normalized spacial score (nSPS) is 11.6. The lowest BCUT2D eigenvalue weighted by atomic mass is 10.2. The smallest absolute Gasteiger partial charge is 0.261 e. The van der Waals surface area contributed by atoms with Crippen molar-refractivity contribution in [2.75, 3.05) is 4.72 Å². The highest BCUT2D eigenvalue weighted by Gasteiger charge is 2.17. The van der Waals surface area contributed by atoms with Crippen molar-refractivity contribution in [1.82, 2.24) is 4.98 Å². The Labute approximate surface area is 176 Å². The van der Waals surface area contributed by atoms with Gasteiger partial charge < -0.3 is 0 Å². The van der Waals surface area contributed by atoms with Crippen molar-refractivity contribution in [2.45, 2.75) is 21.1 Å². The SMILES string of the molecule is Cc1ccc(S(=O)(=O)Nc2cc(Cl)ccc2Sc2nc3ccccc3s2)cc1. The van der Waals surface area contributed by atoms with E-state index in [0.717, 1.165) is 25.0 Å². The molecule has 28 heavy (non-hydrogen) atoms. The molecule has 1 heterocycles. The van der Waals surface area contributed by atoms with E-state index in [9.17, 15) is 8.42 Å². The summed E-state index contributed by atoms with van der Waals surface area (Å²) < 4.78 is 30.2. The van der Waals surface area contributed by atoms with Gasteiger partial charge >= 0.3 is 0 Å². The lowest BCUT2D eigenvalue weighted by molar-refractivity contribution is 0.601. The van der Waals surface area contributed by atoms with Crippen LogP contribution in [0.3, 0.4) is 0 Å². The van der Waals surface area contributed by atoms with Gasteiger partial charge in [-0.25, -0.2) is 13.4 Å². The molecule has 0 atom stereocenters. The minimum atomic E-state index is -3.73. The van der Waals surface area contributed by atoms with Crippen molar-refractivity contribution in [1.29, 1.82) is 0 Å². The Balaban J connectivity index is 1.67. The zero-order chi connectivity index (χ0) is 19.7. The van der Waals surface area contributed by atoms with Crippen LogP contribution in [0.5, 0.6) is 0 Å². The van der Waals surface area contributed by atoms with Crippen LogP contribution in [-0.4, -0.2) is 13.4 Å². The Morgan fingerprint density at radius 3 is 2.54 bits per heavy atom. The van der Waals surface area contributed by atoms with E-state index in [-0.39, 0.29) is 4.90 Å². The highest BCUT2D eigenvalue weighted by atomic mass is 35.5. The van der Waals surface area contributed by atoms with Crippen LogP contribution in [0.4, 0.5) is 5.69 Å². The predicted molar refractivity (Wildman–Crippen MR) is 117 cm³/mol. The monoisotopic (exact) mass is 446 g/mol. The molecule has 0 amide bonds. The Morgan fingerprint density at radius 2 is 1.79 bits per heavy atom. The van der Waals surface area contributed by atoms with Crippen molar-refractivity contribution in [3.63, 3.8) is 0 Å². The van der Waals surface area contributed by atoms with Gasteiger partial charge in [-0.1, -0.05) is 53.2 Å². The van der Waals surface area contributed by atoms with Crippen molar-refractivity contribution in [3.8, 4) is 0 Å². The Kier molecular flexibility index (Phi) is 5.33. The summed E-state index contributed by atoms with van der Waals surface area (Å²) in [4.78, 5) is 5.55. The van der Waals surface area contributed by atoms with Crippen molar-refractivity contribution < 1.29 is 8.42 Å². The molecule has 0 aliphatic carbocycles. The number of nitrogens with one attached hydrogen (secondary N) is 1. The van der Waals surface area contributed by atoms with E-state index in [1.807, 2.05) is 31.2 Å². The minimum absolute atomic E-state index is 0.203. The Morgan fingerprint density at radius 1 is 1.04 bits per heavy atom. The Bertz CT molecular complexity index is 1220. The number of hydrogen-bond acceptors (Lipinski definition) is 5. The van der Waals surface area contributed by atoms with E-state index < -0.39 is 10.0 Å². The van der Waals surface area contributed by atoms with Gasteiger partial charge in [0.15, 0.2) is 4.34 Å². The molecule has 4 rings (SSSR count). The van der Waals surface area contributed by atoms with Gasteiger partial charge in [0, 0.05) is 9.92 Å². The second-order valence-corrected chi connectivity index (χ2v) is 10.5. The molecule has 0 aliphatic heterocycles. The topological polar surface area (TPSA) is 59.1 Å². The van der Waals surface area contributed by atoms with Crippen LogP contribution in [0.25, 0.3) is 10.2 Å². The van der Waals surface area contributed by atoms with Crippen LogP contribution < -0.4 is 4.72 Å². The quantitative estimate of drug-likeness (QED) is 0.396. The lowest BCUT2D eigenvalue weighted by Crippen LogP contribution is -2.13.